The number of nitrogens with one attached hydrogen (secondary N) is 1. The Labute approximate surface area is 72.4 Å². The topological polar surface area (TPSA) is 12.0 Å². The lowest BCUT2D eigenvalue weighted by molar-refractivity contribution is 0.575. The zero-order chi connectivity index (χ0) is 7.98. The second-order valence-corrected chi connectivity index (χ2v) is 3.28. The Morgan fingerprint density at radius 3 is 2.60 bits per heavy atom. The van der Waals surface area contributed by atoms with Crippen LogP contribution >= 0.6 is 23.2 Å². The summed E-state index contributed by atoms with van der Waals surface area (Å²) >= 11 is 10.9. The highest BCUT2D eigenvalue weighted by molar-refractivity contribution is 6.36. The summed E-state index contributed by atoms with van der Waals surface area (Å²) in [6.45, 7) is 5.93. The molecule has 0 aromatic heterocycles. The molecule has 0 aliphatic carbocycles. The molecular formula is C7H13Cl2N. The van der Waals surface area contributed by atoms with Gasteiger partial charge in [-0.3, -0.25) is 0 Å². The predicted octanol–water partition coefficient (Wildman–Crippen LogP) is 2.55. The van der Waals surface area contributed by atoms with Crippen molar-refractivity contribution in [2.75, 3.05) is 13.1 Å². The van der Waals surface area contributed by atoms with E-state index in [1.807, 2.05) is 0 Å². The van der Waals surface area contributed by atoms with Crippen LogP contribution in [-0.4, -0.2) is 13.1 Å². The van der Waals surface area contributed by atoms with Gasteiger partial charge in [-0.1, -0.05) is 37.0 Å². The first-order valence-corrected chi connectivity index (χ1v) is 4.13. The summed E-state index contributed by atoms with van der Waals surface area (Å²) in [5.74, 6) is 0.653. The van der Waals surface area contributed by atoms with E-state index >= 15 is 0 Å². The predicted molar refractivity (Wildman–Crippen MR) is 47.5 cm³/mol. The van der Waals surface area contributed by atoms with E-state index in [0.29, 0.717) is 17.5 Å². The van der Waals surface area contributed by atoms with Gasteiger partial charge in [0.05, 0.1) is 0 Å². The van der Waals surface area contributed by atoms with Crippen molar-refractivity contribution in [1.82, 2.24) is 5.32 Å². The highest BCUT2D eigenvalue weighted by Crippen LogP contribution is 2.00. The van der Waals surface area contributed by atoms with Gasteiger partial charge in [-0.25, -0.2) is 0 Å². The van der Waals surface area contributed by atoms with Gasteiger partial charge in [0, 0.05) is 17.1 Å². The smallest absolute Gasteiger partial charge is 0.0431 e. The fraction of sp³-hybridized carbons (Fsp3) is 0.714. The van der Waals surface area contributed by atoms with Gasteiger partial charge in [-0.2, -0.15) is 0 Å². The Balaban J connectivity index is 3.20. The average Bonchev–Trinajstić information content (AvgIpc) is 1.87. The van der Waals surface area contributed by atoms with E-state index in [9.17, 15) is 0 Å². The summed E-state index contributed by atoms with van der Waals surface area (Å²) in [6.07, 6.45) is 0. The highest BCUT2D eigenvalue weighted by Gasteiger charge is 1.93. The van der Waals surface area contributed by atoms with Crippen molar-refractivity contribution in [2.24, 2.45) is 5.92 Å². The molecule has 0 saturated heterocycles. The molecule has 60 valence electrons. The lowest BCUT2D eigenvalue weighted by Gasteiger charge is -2.04. The molecule has 0 aromatic carbocycles. The summed E-state index contributed by atoms with van der Waals surface area (Å²) in [5, 5.41) is 3.81. The number of hydrogen-bond acceptors (Lipinski definition) is 1. The highest BCUT2D eigenvalue weighted by atomic mass is 35.5. The molecule has 0 aliphatic heterocycles. The van der Waals surface area contributed by atoms with Gasteiger partial charge in [0.15, 0.2) is 0 Å². The molecule has 0 bridgehead atoms. The van der Waals surface area contributed by atoms with Crippen molar-refractivity contribution in [3.8, 4) is 0 Å². The van der Waals surface area contributed by atoms with Gasteiger partial charge < -0.3 is 5.32 Å². The van der Waals surface area contributed by atoms with Gasteiger partial charge in [-0.15, -0.1) is 0 Å². The van der Waals surface area contributed by atoms with Crippen molar-refractivity contribution < 1.29 is 0 Å². The summed E-state index contributed by atoms with van der Waals surface area (Å²) in [4.78, 5) is 0. The molecule has 0 rings (SSSR count). The zero-order valence-electron chi connectivity index (χ0n) is 6.32. The SMILES string of the molecule is CC(C)CNCC(Cl)=CCl. The molecule has 0 unspecified atom stereocenters. The van der Waals surface area contributed by atoms with Crippen molar-refractivity contribution in [3.63, 3.8) is 0 Å². The Morgan fingerprint density at radius 1 is 1.60 bits per heavy atom. The van der Waals surface area contributed by atoms with Crippen molar-refractivity contribution in [3.05, 3.63) is 10.6 Å². The average molecular weight is 182 g/mol. The summed E-state index contributed by atoms with van der Waals surface area (Å²) in [7, 11) is 0. The molecule has 0 heterocycles. The Morgan fingerprint density at radius 2 is 2.20 bits per heavy atom. The molecule has 1 nitrogen and oxygen atoms in total. The minimum atomic E-state index is 0.653. The fourth-order valence-electron chi connectivity index (χ4n) is 0.519. The lowest BCUT2D eigenvalue weighted by atomic mass is 10.2. The summed E-state index contributed by atoms with van der Waals surface area (Å²) in [6, 6.07) is 0. The van der Waals surface area contributed by atoms with Gasteiger partial charge in [-0.05, 0) is 12.5 Å². The Hall–Kier alpha value is 0.280. The third-order valence-corrected chi connectivity index (χ3v) is 1.58. The van der Waals surface area contributed by atoms with E-state index < -0.39 is 0 Å². The molecule has 1 N–H and O–H groups in total. The quantitative estimate of drug-likeness (QED) is 0.704. The zero-order valence-corrected chi connectivity index (χ0v) is 7.84. The van der Waals surface area contributed by atoms with Crippen LogP contribution in [0.5, 0.6) is 0 Å². The van der Waals surface area contributed by atoms with E-state index in [-0.39, 0.29) is 0 Å². The standard InChI is InChI=1S/C7H13Cl2N/c1-6(2)4-10-5-7(9)3-8/h3,6,10H,4-5H2,1-2H3. The molecule has 0 aromatic rings. The minimum Gasteiger partial charge on any atom is -0.311 e. The maximum atomic E-state index is 5.62. The van der Waals surface area contributed by atoms with Crippen LogP contribution in [0.25, 0.3) is 0 Å². The van der Waals surface area contributed by atoms with Crippen LogP contribution in [-0.2, 0) is 0 Å². The largest absolute Gasteiger partial charge is 0.311 e. The van der Waals surface area contributed by atoms with Gasteiger partial charge in [0.2, 0.25) is 0 Å². The second kappa shape index (κ2) is 6.02. The Bertz CT molecular complexity index is 110. The monoisotopic (exact) mass is 181 g/mol. The maximum absolute atomic E-state index is 5.62. The first-order valence-electron chi connectivity index (χ1n) is 3.32. The molecule has 0 radical (unpaired) electrons. The van der Waals surface area contributed by atoms with Gasteiger partial charge in [0.1, 0.15) is 0 Å². The number of rotatable bonds is 4. The summed E-state index contributed by atoms with van der Waals surface area (Å²) in [5.41, 5.74) is 1.38. The van der Waals surface area contributed by atoms with Crippen LogP contribution < -0.4 is 5.32 Å². The second-order valence-electron chi connectivity index (χ2n) is 2.58. The van der Waals surface area contributed by atoms with E-state index in [1.165, 1.54) is 5.54 Å². The summed E-state index contributed by atoms with van der Waals surface area (Å²) < 4.78 is 0. The lowest BCUT2D eigenvalue weighted by Crippen LogP contribution is -2.20. The molecule has 10 heavy (non-hydrogen) atoms. The van der Waals surface area contributed by atoms with Crippen LogP contribution in [0.2, 0.25) is 0 Å². The molecule has 0 aliphatic rings. The van der Waals surface area contributed by atoms with Crippen LogP contribution in [0.4, 0.5) is 0 Å². The molecule has 0 atom stereocenters. The van der Waals surface area contributed by atoms with E-state index in [2.05, 4.69) is 19.2 Å². The third kappa shape index (κ3) is 6.40. The molecule has 0 saturated carbocycles. The number of hydrogen-bond donors (Lipinski definition) is 1. The molecule has 0 spiro atoms. The van der Waals surface area contributed by atoms with E-state index in [0.717, 1.165) is 6.54 Å². The molecule has 3 heteroatoms. The number of halogens is 2. The molecular weight excluding hydrogens is 169 g/mol. The maximum Gasteiger partial charge on any atom is 0.0431 e. The van der Waals surface area contributed by atoms with Crippen LogP contribution in [0.15, 0.2) is 10.6 Å². The molecule has 0 fully saturated rings. The van der Waals surface area contributed by atoms with Crippen molar-refractivity contribution >= 4 is 23.2 Å². The van der Waals surface area contributed by atoms with Crippen molar-refractivity contribution in [2.45, 2.75) is 13.8 Å². The Kier molecular flexibility index (Phi) is 6.19. The van der Waals surface area contributed by atoms with E-state index in [1.54, 1.807) is 0 Å². The first-order chi connectivity index (χ1) is 4.66. The minimum absolute atomic E-state index is 0.653. The van der Waals surface area contributed by atoms with Crippen LogP contribution in [0.1, 0.15) is 13.8 Å². The molecule has 0 amide bonds. The van der Waals surface area contributed by atoms with Crippen LogP contribution in [0.3, 0.4) is 0 Å². The normalized spacial score (nSPS) is 12.7. The third-order valence-electron chi connectivity index (χ3n) is 0.965. The van der Waals surface area contributed by atoms with Gasteiger partial charge in [0.25, 0.3) is 0 Å². The van der Waals surface area contributed by atoms with Gasteiger partial charge >= 0.3 is 0 Å². The fourth-order valence-corrected chi connectivity index (χ4v) is 0.690. The van der Waals surface area contributed by atoms with Crippen LogP contribution in [0, 0.1) is 5.92 Å². The van der Waals surface area contributed by atoms with E-state index in [4.69, 9.17) is 23.2 Å². The van der Waals surface area contributed by atoms with Crippen molar-refractivity contribution in [1.29, 1.82) is 0 Å². The first kappa shape index (κ1) is 10.3.